The number of nitrogens with one attached hydrogen (secondary N) is 1. The van der Waals surface area contributed by atoms with Crippen LogP contribution in [0.2, 0.25) is 15.1 Å². The molecule has 0 bridgehead atoms. The highest BCUT2D eigenvalue weighted by atomic mass is 35.5. The maximum atomic E-state index is 13.3. The molecule has 0 aliphatic carbocycles. The van der Waals surface area contributed by atoms with E-state index in [1.165, 1.54) is 30.3 Å². The number of rotatable bonds is 6. The Kier molecular flexibility index (Phi) is 7.97. The van der Waals surface area contributed by atoms with Crippen LogP contribution in [-0.4, -0.2) is 14.3 Å². The van der Waals surface area contributed by atoms with Gasteiger partial charge in [-0.3, -0.25) is 4.79 Å². The Labute approximate surface area is 204 Å². The number of thioether (sulfide) groups is 1. The van der Waals surface area contributed by atoms with E-state index in [1.807, 2.05) is 0 Å². The minimum Gasteiger partial charge on any atom is -0.310 e. The average molecular weight is 533 g/mol. The standard InChI is InChI=1S/C21H13Cl4NO3S2/c22-13-6-9-15(10-7-13)30-19(25)21(31(28,29)16-4-2-1-3-5-16)26-20(27)17-11-8-14(23)12-18(17)24/h1-12H,(H,26,27). The summed E-state index contributed by atoms with van der Waals surface area (Å²) in [4.78, 5) is 13.5. The lowest BCUT2D eigenvalue weighted by Crippen LogP contribution is -2.28. The Morgan fingerprint density at radius 3 is 2.06 bits per heavy atom. The third-order valence-corrected chi connectivity index (χ3v) is 8.01. The second-order valence-corrected chi connectivity index (χ2v) is 10.9. The second-order valence-electron chi connectivity index (χ2n) is 6.05. The number of carbonyl (C=O) groups excluding carboxylic acids is 1. The Hall–Kier alpha value is -1.67. The van der Waals surface area contributed by atoms with Crippen LogP contribution in [0.5, 0.6) is 0 Å². The topological polar surface area (TPSA) is 63.2 Å². The normalized spacial score (nSPS) is 12.3. The van der Waals surface area contributed by atoms with Gasteiger partial charge in [-0.1, -0.05) is 76.4 Å². The van der Waals surface area contributed by atoms with Crippen molar-refractivity contribution < 1.29 is 13.2 Å². The predicted octanol–water partition coefficient (Wildman–Crippen LogP) is 7.01. The highest BCUT2D eigenvalue weighted by Gasteiger charge is 2.27. The Morgan fingerprint density at radius 1 is 0.839 bits per heavy atom. The highest BCUT2D eigenvalue weighted by Crippen LogP contribution is 2.35. The van der Waals surface area contributed by atoms with Crippen molar-refractivity contribution in [3.63, 3.8) is 0 Å². The van der Waals surface area contributed by atoms with Gasteiger partial charge >= 0.3 is 0 Å². The molecule has 160 valence electrons. The summed E-state index contributed by atoms with van der Waals surface area (Å²) in [6.45, 7) is 0. The third-order valence-electron chi connectivity index (χ3n) is 3.92. The van der Waals surface area contributed by atoms with Crippen molar-refractivity contribution in [1.82, 2.24) is 5.32 Å². The zero-order chi connectivity index (χ0) is 22.6. The van der Waals surface area contributed by atoms with Gasteiger partial charge in [-0.2, -0.15) is 0 Å². The first-order valence-corrected chi connectivity index (χ1v) is 12.4. The largest absolute Gasteiger partial charge is 0.310 e. The molecule has 0 fully saturated rings. The molecule has 0 unspecified atom stereocenters. The van der Waals surface area contributed by atoms with E-state index >= 15 is 0 Å². The van der Waals surface area contributed by atoms with Crippen LogP contribution in [0, 0.1) is 0 Å². The second kappa shape index (κ2) is 10.3. The number of sulfone groups is 1. The number of carbonyl (C=O) groups is 1. The minimum absolute atomic E-state index is 0.0256. The van der Waals surface area contributed by atoms with Crippen molar-refractivity contribution in [3.05, 3.63) is 103 Å². The lowest BCUT2D eigenvalue weighted by molar-refractivity contribution is 0.0968. The van der Waals surface area contributed by atoms with Crippen molar-refractivity contribution in [3.8, 4) is 0 Å². The summed E-state index contributed by atoms with van der Waals surface area (Å²) < 4.78 is 26.4. The fourth-order valence-electron chi connectivity index (χ4n) is 2.44. The lowest BCUT2D eigenvalue weighted by atomic mass is 10.2. The van der Waals surface area contributed by atoms with Gasteiger partial charge in [-0.25, -0.2) is 8.42 Å². The molecule has 0 aliphatic rings. The van der Waals surface area contributed by atoms with E-state index in [0.717, 1.165) is 11.8 Å². The molecule has 0 atom stereocenters. The van der Waals surface area contributed by atoms with Crippen molar-refractivity contribution in [1.29, 1.82) is 0 Å². The van der Waals surface area contributed by atoms with Gasteiger partial charge in [0.15, 0.2) is 5.03 Å². The van der Waals surface area contributed by atoms with Gasteiger partial charge in [0.2, 0.25) is 9.84 Å². The fraction of sp³-hybridized carbons (Fsp3) is 0. The van der Waals surface area contributed by atoms with Crippen LogP contribution >= 0.6 is 58.2 Å². The molecule has 0 saturated heterocycles. The zero-order valence-electron chi connectivity index (χ0n) is 15.5. The third kappa shape index (κ3) is 5.98. The number of amides is 1. The van der Waals surface area contributed by atoms with Crippen molar-refractivity contribution in [2.75, 3.05) is 0 Å². The monoisotopic (exact) mass is 531 g/mol. The van der Waals surface area contributed by atoms with Crippen LogP contribution in [0.15, 0.2) is 92.0 Å². The van der Waals surface area contributed by atoms with Crippen LogP contribution in [0.3, 0.4) is 0 Å². The molecule has 0 spiro atoms. The van der Waals surface area contributed by atoms with Gasteiger partial charge < -0.3 is 5.32 Å². The number of hydrogen-bond acceptors (Lipinski definition) is 4. The molecule has 0 aliphatic heterocycles. The Balaban J connectivity index is 2.05. The molecule has 1 N–H and O–H groups in total. The number of halogens is 4. The molecule has 0 heterocycles. The van der Waals surface area contributed by atoms with Crippen LogP contribution < -0.4 is 5.32 Å². The van der Waals surface area contributed by atoms with Crippen molar-refractivity contribution in [2.45, 2.75) is 9.79 Å². The van der Waals surface area contributed by atoms with E-state index in [-0.39, 0.29) is 19.8 Å². The molecule has 10 heteroatoms. The quantitative estimate of drug-likeness (QED) is 0.347. The maximum Gasteiger partial charge on any atom is 0.257 e. The molecule has 3 rings (SSSR count). The first-order chi connectivity index (χ1) is 14.7. The molecule has 1 amide bonds. The van der Waals surface area contributed by atoms with E-state index in [4.69, 9.17) is 46.4 Å². The van der Waals surface area contributed by atoms with E-state index in [1.54, 1.807) is 42.5 Å². The molecule has 0 saturated carbocycles. The Morgan fingerprint density at radius 2 is 1.45 bits per heavy atom. The molecule has 3 aromatic rings. The van der Waals surface area contributed by atoms with E-state index in [2.05, 4.69) is 5.32 Å². The van der Waals surface area contributed by atoms with Gasteiger partial charge in [0.25, 0.3) is 5.91 Å². The first kappa shape index (κ1) is 24.0. The lowest BCUT2D eigenvalue weighted by Gasteiger charge is -2.14. The summed E-state index contributed by atoms with van der Waals surface area (Å²) in [5, 5.41) is 2.88. The number of hydrogen-bond donors (Lipinski definition) is 1. The smallest absolute Gasteiger partial charge is 0.257 e. The molecule has 4 nitrogen and oxygen atoms in total. The van der Waals surface area contributed by atoms with Crippen LogP contribution in [-0.2, 0) is 9.84 Å². The van der Waals surface area contributed by atoms with Gasteiger partial charge in [0, 0.05) is 14.9 Å². The van der Waals surface area contributed by atoms with E-state index in [0.29, 0.717) is 14.9 Å². The maximum absolute atomic E-state index is 13.3. The van der Waals surface area contributed by atoms with Gasteiger partial charge in [0.05, 0.1) is 15.5 Å². The van der Waals surface area contributed by atoms with Crippen LogP contribution in [0.25, 0.3) is 0 Å². The Bertz CT molecular complexity index is 1250. The summed E-state index contributed by atoms with van der Waals surface area (Å²) >= 11 is 25.3. The van der Waals surface area contributed by atoms with Crippen LogP contribution in [0.4, 0.5) is 0 Å². The molecular formula is C21H13Cl4NO3S2. The van der Waals surface area contributed by atoms with E-state index in [9.17, 15) is 13.2 Å². The van der Waals surface area contributed by atoms with Gasteiger partial charge in [-0.15, -0.1) is 0 Å². The summed E-state index contributed by atoms with van der Waals surface area (Å²) in [5.41, 5.74) is 0.0489. The minimum atomic E-state index is -4.15. The summed E-state index contributed by atoms with van der Waals surface area (Å²) in [7, 11) is -4.15. The zero-order valence-corrected chi connectivity index (χ0v) is 20.1. The first-order valence-electron chi connectivity index (χ1n) is 8.58. The van der Waals surface area contributed by atoms with E-state index < -0.39 is 20.8 Å². The van der Waals surface area contributed by atoms with Gasteiger partial charge in [-0.05, 0) is 54.6 Å². The molecular weight excluding hydrogens is 520 g/mol. The SMILES string of the molecule is O=C(NC(=C(Cl)Sc1ccc(Cl)cc1)S(=O)(=O)c1ccccc1)c1ccc(Cl)cc1Cl. The molecule has 0 radical (unpaired) electrons. The summed E-state index contributed by atoms with van der Waals surface area (Å²) in [6, 6.07) is 18.5. The molecule has 3 aromatic carbocycles. The summed E-state index contributed by atoms with van der Waals surface area (Å²) in [6.07, 6.45) is 0. The van der Waals surface area contributed by atoms with Gasteiger partial charge in [0.1, 0.15) is 4.36 Å². The fourth-order valence-corrected chi connectivity index (χ4v) is 5.94. The predicted molar refractivity (Wildman–Crippen MR) is 128 cm³/mol. The van der Waals surface area contributed by atoms with Crippen molar-refractivity contribution >= 4 is 73.9 Å². The number of benzene rings is 3. The van der Waals surface area contributed by atoms with Crippen molar-refractivity contribution in [2.24, 2.45) is 0 Å². The summed E-state index contributed by atoms with van der Waals surface area (Å²) in [5.74, 6) is -0.744. The molecule has 0 aromatic heterocycles. The van der Waals surface area contributed by atoms with Crippen LogP contribution in [0.1, 0.15) is 10.4 Å². The highest BCUT2D eigenvalue weighted by molar-refractivity contribution is 8.06. The molecule has 31 heavy (non-hydrogen) atoms. The average Bonchev–Trinajstić information content (AvgIpc) is 2.74.